The predicted octanol–water partition coefficient (Wildman–Crippen LogP) is 5.83. The van der Waals surface area contributed by atoms with Crippen LogP contribution in [0.3, 0.4) is 0 Å². The second-order valence-corrected chi connectivity index (χ2v) is 16.0. The molecule has 0 spiro atoms. The van der Waals surface area contributed by atoms with E-state index < -0.39 is 0 Å². The van der Waals surface area contributed by atoms with E-state index in [0.29, 0.717) is 36.0 Å². The summed E-state index contributed by atoms with van der Waals surface area (Å²) in [5, 5.41) is 36.8. The Labute approximate surface area is 267 Å². The van der Waals surface area contributed by atoms with Crippen LogP contribution >= 0.6 is 0 Å². The van der Waals surface area contributed by atoms with Gasteiger partial charge in [-0.15, -0.1) is 0 Å². The third kappa shape index (κ3) is 7.09. The van der Waals surface area contributed by atoms with Crippen molar-refractivity contribution in [3.8, 4) is 0 Å². The number of nitrogens with one attached hydrogen (secondary N) is 1. The average molecular weight is 611 g/mol. The van der Waals surface area contributed by atoms with Gasteiger partial charge in [0, 0.05) is 13.0 Å². The number of hydrogen-bond donors (Lipinski definition) is 4. The average Bonchev–Trinajstić information content (AvgIpc) is 3.36. The van der Waals surface area contributed by atoms with Crippen molar-refractivity contribution in [1.29, 1.82) is 0 Å². The van der Waals surface area contributed by atoms with Gasteiger partial charge in [-0.3, -0.25) is 4.79 Å². The lowest BCUT2D eigenvalue weighted by molar-refractivity contribution is -0.207. The lowest BCUT2D eigenvalue weighted by Gasteiger charge is -2.63. The Morgan fingerprint density at radius 3 is 2.50 bits per heavy atom. The fourth-order valence-electron chi connectivity index (χ4n) is 10.8. The molecule has 6 heteroatoms. The van der Waals surface area contributed by atoms with E-state index in [0.717, 1.165) is 83.8 Å². The van der Waals surface area contributed by atoms with Gasteiger partial charge in [0.25, 0.3) is 0 Å². The Morgan fingerprint density at radius 1 is 0.977 bits per heavy atom. The number of aryl methyl sites for hydroxylation is 1. The number of benzene rings is 1. The molecule has 1 aromatic carbocycles. The van der Waals surface area contributed by atoms with E-state index in [1.807, 2.05) is 0 Å². The largest absolute Gasteiger partial charge is 0.393 e. The van der Waals surface area contributed by atoms with Gasteiger partial charge < -0.3 is 25.5 Å². The summed E-state index contributed by atoms with van der Waals surface area (Å²) in [5.41, 5.74) is 1.31. The van der Waals surface area contributed by atoms with Gasteiger partial charge in [0.15, 0.2) is 0 Å². The highest BCUT2D eigenvalue weighted by atomic mass is 16.3. The highest BCUT2D eigenvalue weighted by Gasteiger charge is 2.65. The number of rotatable bonds is 13. The second-order valence-electron chi connectivity index (χ2n) is 16.0. The minimum absolute atomic E-state index is 0.102. The first kappa shape index (κ1) is 33.9. The number of carbonyl (C=O) groups is 1. The Bertz CT molecular complexity index is 1070. The molecule has 5 rings (SSSR count). The van der Waals surface area contributed by atoms with Crippen molar-refractivity contribution in [2.24, 2.45) is 46.3 Å². The van der Waals surface area contributed by atoms with Gasteiger partial charge >= 0.3 is 0 Å². The number of aliphatic hydroxyl groups excluding tert-OH is 3. The lowest BCUT2D eigenvalue weighted by Crippen LogP contribution is -2.62. The number of nitrogens with zero attached hydrogens (tertiary/aromatic N) is 1. The van der Waals surface area contributed by atoms with Crippen molar-refractivity contribution in [3.05, 3.63) is 35.9 Å². The Morgan fingerprint density at radius 2 is 1.73 bits per heavy atom. The van der Waals surface area contributed by atoms with Crippen LogP contribution in [0.5, 0.6) is 0 Å². The number of hydrogen-bond acceptors (Lipinski definition) is 5. The van der Waals surface area contributed by atoms with Crippen molar-refractivity contribution in [2.75, 3.05) is 26.7 Å². The molecular formula is C38H62N2O4. The van der Waals surface area contributed by atoms with Crippen molar-refractivity contribution in [2.45, 2.75) is 123 Å². The fourth-order valence-corrected chi connectivity index (χ4v) is 10.8. The molecule has 6 nitrogen and oxygen atoms in total. The summed E-state index contributed by atoms with van der Waals surface area (Å²) in [6, 6.07) is 10.7. The maximum atomic E-state index is 12.8. The molecule has 1 amide bonds. The van der Waals surface area contributed by atoms with Crippen LogP contribution in [0.4, 0.5) is 0 Å². The molecule has 11 atom stereocenters. The maximum absolute atomic E-state index is 12.8. The molecule has 5 unspecified atom stereocenters. The molecule has 1 aromatic rings. The van der Waals surface area contributed by atoms with Crippen LogP contribution in [-0.4, -0.2) is 71.1 Å². The van der Waals surface area contributed by atoms with Gasteiger partial charge in [0.1, 0.15) is 0 Å². The number of unbranched alkanes of at least 4 members (excludes halogenated alkanes) is 1. The zero-order valence-corrected chi connectivity index (χ0v) is 28.1. The Balaban J connectivity index is 1.04. The molecule has 0 bridgehead atoms. The van der Waals surface area contributed by atoms with Crippen LogP contribution in [-0.2, 0) is 11.2 Å². The third-order valence-corrected chi connectivity index (χ3v) is 13.5. The van der Waals surface area contributed by atoms with Gasteiger partial charge in [-0.25, -0.2) is 0 Å². The highest BCUT2D eigenvalue weighted by molar-refractivity contribution is 5.75. The van der Waals surface area contributed by atoms with Crippen LogP contribution in [0.25, 0.3) is 0 Å². The molecule has 0 radical (unpaired) electrons. The summed E-state index contributed by atoms with van der Waals surface area (Å²) >= 11 is 0. The maximum Gasteiger partial charge on any atom is 0.220 e. The minimum atomic E-state index is -0.373. The molecule has 4 fully saturated rings. The SMILES string of the molecule is C[C@H](CCC(=O)NCCCN(C)CCCCc1ccccc1)C1CCC2C3C(C[C@H](O)[C@@]21C)[C@@]1(C)CC[C@@H](O)CC1C[C@H]3O. The molecule has 4 saturated carbocycles. The van der Waals surface area contributed by atoms with Gasteiger partial charge in [0.2, 0.25) is 5.91 Å². The van der Waals surface area contributed by atoms with E-state index in [9.17, 15) is 20.1 Å². The van der Waals surface area contributed by atoms with Gasteiger partial charge in [-0.2, -0.15) is 0 Å². The van der Waals surface area contributed by atoms with E-state index in [2.05, 4.69) is 68.4 Å². The van der Waals surface area contributed by atoms with Crippen molar-refractivity contribution >= 4 is 5.91 Å². The van der Waals surface area contributed by atoms with Crippen LogP contribution in [0.2, 0.25) is 0 Å². The molecule has 0 saturated heterocycles. The summed E-state index contributed by atoms with van der Waals surface area (Å²) < 4.78 is 0. The topological polar surface area (TPSA) is 93.0 Å². The molecule has 44 heavy (non-hydrogen) atoms. The monoisotopic (exact) mass is 610 g/mol. The molecular weight excluding hydrogens is 548 g/mol. The standard InChI is InChI=1S/C38H62N2O4/c1-26(14-17-35(44)39-20-10-22-40(4)21-9-8-13-27-11-6-5-7-12-27)30-15-16-31-36-32(25-34(43)38(30,31)3)37(2)19-18-29(41)23-28(37)24-33(36)42/h5-7,11-12,26,28-34,36,41-43H,8-10,13-25H2,1-4H3,(H,39,44)/t26-,28?,29-,30?,31?,32?,33-,34+,36?,37+,38-/m1/s1. The lowest BCUT2D eigenvalue weighted by atomic mass is 9.43. The van der Waals surface area contributed by atoms with E-state index in [-0.39, 0.29) is 41.0 Å². The van der Waals surface area contributed by atoms with Gasteiger partial charge in [-0.1, -0.05) is 51.1 Å². The van der Waals surface area contributed by atoms with Gasteiger partial charge in [-0.05, 0) is 149 Å². The minimum Gasteiger partial charge on any atom is -0.393 e. The first-order valence-corrected chi connectivity index (χ1v) is 18.1. The fraction of sp³-hybridized carbons (Fsp3) is 0.816. The number of amides is 1. The van der Waals surface area contributed by atoms with E-state index in [4.69, 9.17) is 0 Å². The van der Waals surface area contributed by atoms with E-state index in [1.54, 1.807) is 0 Å². The summed E-state index contributed by atoms with van der Waals surface area (Å²) in [4.78, 5) is 15.2. The van der Waals surface area contributed by atoms with Crippen LogP contribution in [0.15, 0.2) is 30.3 Å². The second kappa shape index (κ2) is 14.5. The van der Waals surface area contributed by atoms with Crippen molar-refractivity contribution in [3.63, 3.8) is 0 Å². The van der Waals surface area contributed by atoms with Crippen LogP contribution < -0.4 is 5.32 Å². The molecule has 4 aliphatic carbocycles. The van der Waals surface area contributed by atoms with E-state index in [1.165, 1.54) is 18.4 Å². The van der Waals surface area contributed by atoms with Crippen LogP contribution in [0, 0.1) is 46.3 Å². The highest BCUT2D eigenvalue weighted by Crippen LogP contribution is 2.68. The number of aliphatic hydroxyl groups is 3. The summed E-state index contributed by atoms with van der Waals surface area (Å²) in [7, 11) is 2.17. The Hall–Kier alpha value is -1.47. The predicted molar refractivity (Wildman–Crippen MR) is 177 cm³/mol. The van der Waals surface area contributed by atoms with Crippen LogP contribution in [0.1, 0.15) is 103 Å². The smallest absolute Gasteiger partial charge is 0.220 e. The van der Waals surface area contributed by atoms with E-state index >= 15 is 0 Å². The molecule has 0 aliphatic heterocycles. The molecule has 0 aromatic heterocycles. The third-order valence-electron chi connectivity index (χ3n) is 13.5. The van der Waals surface area contributed by atoms with Crippen molar-refractivity contribution < 1.29 is 20.1 Å². The zero-order chi connectivity index (χ0) is 31.5. The number of carbonyl (C=O) groups excluding carboxylic acids is 1. The Kier molecular flexibility index (Phi) is 11.2. The summed E-state index contributed by atoms with van der Waals surface area (Å²) in [5.74, 6) is 2.11. The first-order valence-electron chi connectivity index (χ1n) is 18.1. The summed E-state index contributed by atoms with van der Waals surface area (Å²) in [6.45, 7) is 9.79. The molecule has 248 valence electrons. The summed E-state index contributed by atoms with van der Waals surface area (Å²) in [6.07, 6.45) is 11.3. The quantitative estimate of drug-likeness (QED) is 0.211. The zero-order valence-electron chi connectivity index (χ0n) is 28.1. The number of fused-ring (bicyclic) bond motifs is 5. The normalized spacial score (nSPS) is 38.9. The molecule has 4 N–H and O–H groups in total. The van der Waals surface area contributed by atoms with Gasteiger partial charge in [0.05, 0.1) is 18.3 Å². The molecule has 4 aliphatic rings. The first-order chi connectivity index (χ1) is 21.0. The van der Waals surface area contributed by atoms with Crippen molar-refractivity contribution in [1.82, 2.24) is 10.2 Å². The molecule has 0 heterocycles.